The van der Waals surface area contributed by atoms with Crippen LogP contribution in [0.4, 0.5) is 4.39 Å². The van der Waals surface area contributed by atoms with Crippen molar-refractivity contribution in [2.75, 3.05) is 20.2 Å². The summed E-state index contributed by atoms with van der Waals surface area (Å²) in [6, 6.07) is 0. The fourth-order valence-corrected chi connectivity index (χ4v) is 9.74. The highest BCUT2D eigenvalue weighted by Gasteiger charge is 2.81. The van der Waals surface area contributed by atoms with Crippen molar-refractivity contribution in [2.24, 2.45) is 28.6 Å². The van der Waals surface area contributed by atoms with Gasteiger partial charge in [-0.3, -0.25) is 4.79 Å². The first-order valence-corrected chi connectivity index (χ1v) is 12.4. The Balaban J connectivity index is 1.50. The van der Waals surface area contributed by atoms with Crippen LogP contribution in [0.25, 0.3) is 0 Å². The summed E-state index contributed by atoms with van der Waals surface area (Å²) < 4.78 is 41.5. The van der Waals surface area contributed by atoms with Gasteiger partial charge in [-0.2, -0.15) is 0 Å². The second-order valence-electron chi connectivity index (χ2n) is 11.0. The first-order chi connectivity index (χ1) is 15.1. The van der Waals surface area contributed by atoms with Gasteiger partial charge in [-0.05, 0) is 55.7 Å². The van der Waals surface area contributed by atoms with Crippen molar-refractivity contribution in [2.45, 2.75) is 68.0 Å². The smallest absolute Gasteiger partial charge is 0.227 e. The molecular weight excluding hydrogens is 483 g/mol. The fraction of sp³-hybridized carbons (Fsp3) is 0.792. The van der Waals surface area contributed by atoms with Crippen LogP contribution in [0.15, 0.2) is 23.8 Å². The van der Waals surface area contributed by atoms with Gasteiger partial charge in [-0.25, -0.2) is 4.39 Å². The van der Waals surface area contributed by atoms with Gasteiger partial charge in [0.1, 0.15) is 12.2 Å². The third-order valence-electron chi connectivity index (χ3n) is 9.98. The number of allylic oxidation sites excluding steroid dienone is 4. The molecule has 0 radical (unpaired) electrons. The van der Waals surface area contributed by atoms with Crippen molar-refractivity contribution >= 4 is 21.7 Å². The third kappa shape index (κ3) is 2.17. The molecule has 176 valence electrons. The molecule has 0 aromatic heterocycles. The second-order valence-corrected chi connectivity index (χ2v) is 12.1. The van der Waals surface area contributed by atoms with Crippen molar-refractivity contribution in [3.63, 3.8) is 0 Å². The summed E-state index contributed by atoms with van der Waals surface area (Å²) in [6.45, 7) is 6.54. The lowest BCUT2D eigenvalue weighted by molar-refractivity contribution is -0.277. The zero-order valence-corrected chi connectivity index (χ0v) is 20.2. The van der Waals surface area contributed by atoms with Crippen LogP contribution in [0.2, 0.25) is 0 Å². The number of rotatable bonds is 0. The molecule has 6 aliphatic rings. The summed E-state index contributed by atoms with van der Waals surface area (Å²) in [5.74, 6) is -1.63. The lowest BCUT2D eigenvalue weighted by Gasteiger charge is -2.64. The minimum absolute atomic E-state index is 0.0262. The summed E-state index contributed by atoms with van der Waals surface area (Å²) in [4.78, 5) is 12.0. The Morgan fingerprint density at radius 1 is 1.16 bits per heavy atom. The van der Waals surface area contributed by atoms with Gasteiger partial charge in [0.25, 0.3) is 0 Å². The average molecular weight is 513 g/mol. The van der Waals surface area contributed by atoms with E-state index in [4.69, 9.17) is 18.9 Å². The number of hydrogen-bond acceptors (Lipinski definition) is 6. The molecule has 0 aromatic rings. The lowest BCUT2D eigenvalue weighted by Crippen LogP contribution is -2.72. The van der Waals surface area contributed by atoms with Crippen LogP contribution < -0.4 is 0 Å². The molecule has 2 saturated heterocycles. The van der Waals surface area contributed by atoms with Gasteiger partial charge in [0.05, 0.1) is 6.10 Å². The van der Waals surface area contributed by atoms with E-state index in [-0.39, 0.29) is 49.1 Å². The fourth-order valence-electron chi connectivity index (χ4n) is 8.73. The van der Waals surface area contributed by atoms with Crippen LogP contribution in [0.1, 0.15) is 40.0 Å². The molecule has 4 aliphatic carbocycles. The van der Waals surface area contributed by atoms with Crippen LogP contribution in [-0.2, 0) is 23.7 Å². The second kappa shape index (κ2) is 6.52. The molecule has 2 spiro atoms. The van der Waals surface area contributed by atoms with Crippen molar-refractivity contribution in [1.82, 2.24) is 0 Å². The van der Waals surface area contributed by atoms with Gasteiger partial charge < -0.3 is 24.1 Å². The zero-order valence-electron chi connectivity index (χ0n) is 18.6. The number of carbonyl (C=O) groups is 1. The average Bonchev–Trinajstić information content (AvgIpc) is 3.42. The molecule has 32 heavy (non-hydrogen) atoms. The lowest BCUT2D eigenvalue weighted by atomic mass is 9.44. The molecule has 0 bridgehead atoms. The molecular formula is C24H30BrFO6. The molecule has 0 aromatic carbocycles. The van der Waals surface area contributed by atoms with E-state index < -0.39 is 39.9 Å². The summed E-state index contributed by atoms with van der Waals surface area (Å²) >= 11 is 3.76. The van der Waals surface area contributed by atoms with E-state index in [1.54, 1.807) is 12.2 Å². The first kappa shape index (κ1) is 21.9. The predicted octanol–water partition coefficient (Wildman–Crippen LogP) is 3.42. The number of alkyl halides is 2. The third-order valence-corrected chi connectivity index (χ3v) is 10.8. The first-order valence-electron chi connectivity index (χ1n) is 11.5. The highest BCUT2D eigenvalue weighted by Crippen LogP contribution is 2.74. The molecule has 8 heteroatoms. The highest BCUT2D eigenvalue weighted by atomic mass is 79.9. The topological polar surface area (TPSA) is 74.2 Å². The predicted molar refractivity (Wildman–Crippen MR) is 115 cm³/mol. The van der Waals surface area contributed by atoms with E-state index in [2.05, 4.69) is 29.8 Å². The quantitative estimate of drug-likeness (QED) is 0.501. The van der Waals surface area contributed by atoms with Crippen molar-refractivity contribution in [3.05, 3.63) is 23.8 Å². The molecule has 5 fully saturated rings. The maximum Gasteiger partial charge on any atom is 0.227 e. The Hall–Kier alpha value is -0.640. The van der Waals surface area contributed by atoms with E-state index in [1.807, 2.05) is 6.92 Å². The number of ketones is 1. The Kier molecular flexibility index (Phi) is 4.45. The van der Waals surface area contributed by atoms with Crippen molar-refractivity contribution in [1.29, 1.82) is 0 Å². The Labute approximate surface area is 195 Å². The summed E-state index contributed by atoms with van der Waals surface area (Å²) in [5.41, 5.74) is -3.64. The number of carbonyl (C=O) groups excluding carboxylic acids is 1. The van der Waals surface area contributed by atoms with E-state index in [1.165, 1.54) is 6.08 Å². The minimum Gasteiger partial charge on any atom is -0.390 e. The molecule has 0 amide bonds. The molecule has 2 heterocycles. The van der Waals surface area contributed by atoms with E-state index in [9.17, 15) is 9.90 Å². The normalized spacial score (nSPS) is 58.8. The Bertz CT molecular complexity index is 926. The largest absolute Gasteiger partial charge is 0.390 e. The van der Waals surface area contributed by atoms with Crippen molar-refractivity contribution in [3.8, 4) is 0 Å². The van der Waals surface area contributed by atoms with Gasteiger partial charge in [-0.15, -0.1) is 0 Å². The number of aliphatic hydroxyl groups excluding tert-OH is 1. The number of hydrogen-bond donors (Lipinski definition) is 1. The Morgan fingerprint density at radius 2 is 1.91 bits per heavy atom. The SMILES string of the molecule is C[C@H]1C[C@H]2[C@@H]3C[C@H](Br)C4=CC(=O)C=C[C@]4(C)[C@@]3(F)[C@@H](O)C[C@]2(C)[C@]12OCOC21COCO1. The molecule has 1 N–H and O–H groups in total. The Morgan fingerprint density at radius 3 is 2.62 bits per heavy atom. The number of halogens is 2. The maximum absolute atomic E-state index is 17.4. The van der Waals surface area contributed by atoms with Gasteiger partial charge in [0, 0.05) is 21.6 Å². The summed E-state index contributed by atoms with van der Waals surface area (Å²) in [6.07, 6.45) is 4.90. The molecule has 1 unspecified atom stereocenters. The summed E-state index contributed by atoms with van der Waals surface area (Å²) in [7, 11) is 0. The minimum atomic E-state index is -1.89. The van der Waals surface area contributed by atoms with Gasteiger partial charge in [0.15, 0.2) is 25.0 Å². The van der Waals surface area contributed by atoms with Gasteiger partial charge in [0.2, 0.25) is 5.79 Å². The maximum atomic E-state index is 17.4. The number of aliphatic hydroxyl groups is 1. The summed E-state index contributed by atoms with van der Waals surface area (Å²) in [5, 5.41) is 11.6. The van der Waals surface area contributed by atoms with Crippen molar-refractivity contribution < 1.29 is 33.2 Å². The van der Waals surface area contributed by atoms with Gasteiger partial charge in [-0.1, -0.05) is 35.9 Å². The van der Waals surface area contributed by atoms with Crippen LogP contribution in [0.3, 0.4) is 0 Å². The van der Waals surface area contributed by atoms with E-state index in [0.717, 1.165) is 12.0 Å². The standard InChI is InChI=1S/C24H30BrFO6/c1-13-6-15-16-8-18(25)17-7-14(27)4-5-20(17,2)23(16,26)19(28)9-21(15,3)24(13)22(31-12-32-24)10-29-11-30-22/h4-5,7,13,15-16,18-19,28H,6,8-12H2,1-3H3/t13-,15-,16-,18-,19-,20-,21-,22?,23-,24+/m0/s1. The number of ether oxygens (including phenoxy) is 4. The van der Waals surface area contributed by atoms with E-state index in [0.29, 0.717) is 6.42 Å². The highest BCUT2D eigenvalue weighted by molar-refractivity contribution is 9.09. The monoisotopic (exact) mass is 512 g/mol. The zero-order chi connectivity index (χ0) is 22.7. The van der Waals surface area contributed by atoms with Crippen LogP contribution in [-0.4, -0.2) is 59.1 Å². The number of fused-ring (bicyclic) bond motifs is 7. The van der Waals surface area contributed by atoms with Gasteiger partial charge >= 0.3 is 0 Å². The molecule has 10 atom stereocenters. The molecule has 2 aliphatic heterocycles. The molecule has 6 rings (SSSR count). The van der Waals surface area contributed by atoms with Crippen LogP contribution in [0, 0.1) is 28.6 Å². The van der Waals surface area contributed by atoms with E-state index >= 15 is 4.39 Å². The molecule has 6 nitrogen and oxygen atoms in total. The van der Waals surface area contributed by atoms with Crippen LogP contribution in [0.5, 0.6) is 0 Å². The molecule has 3 saturated carbocycles. The van der Waals surface area contributed by atoms with Crippen LogP contribution >= 0.6 is 15.9 Å².